The van der Waals surface area contributed by atoms with Crippen molar-refractivity contribution < 1.29 is 14.3 Å². The van der Waals surface area contributed by atoms with Gasteiger partial charge in [-0.3, -0.25) is 4.79 Å². The van der Waals surface area contributed by atoms with Crippen molar-refractivity contribution in [2.24, 2.45) is 5.10 Å². The van der Waals surface area contributed by atoms with E-state index in [2.05, 4.69) is 10.5 Å². The molecule has 2 rings (SSSR count). The SMILES string of the molecule is CCCOc1cc(/C=N/NC(=O)c2ccccc2)ccc1OC. The zero-order valence-electron chi connectivity index (χ0n) is 13.3. The summed E-state index contributed by atoms with van der Waals surface area (Å²) in [6.45, 7) is 2.65. The van der Waals surface area contributed by atoms with Gasteiger partial charge in [-0.1, -0.05) is 25.1 Å². The number of hydrazone groups is 1. The molecule has 0 saturated carbocycles. The van der Waals surface area contributed by atoms with Crippen LogP contribution in [0.3, 0.4) is 0 Å². The molecule has 23 heavy (non-hydrogen) atoms. The molecule has 0 aliphatic rings. The first-order valence-electron chi connectivity index (χ1n) is 7.44. The first-order valence-corrected chi connectivity index (χ1v) is 7.44. The van der Waals surface area contributed by atoms with Gasteiger partial charge < -0.3 is 9.47 Å². The molecule has 5 nitrogen and oxygen atoms in total. The van der Waals surface area contributed by atoms with E-state index in [-0.39, 0.29) is 5.91 Å². The van der Waals surface area contributed by atoms with E-state index in [0.29, 0.717) is 23.7 Å². The Labute approximate surface area is 135 Å². The Morgan fingerprint density at radius 2 is 1.96 bits per heavy atom. The fourth-order valence-corrected chi connectivity index (χ4v) is 1.92. The van der Waals surface area contributed by atoms with Crippen molar-refractivity contribution in [1.82, 2.24) is 5.43 Å². The Balaban J connectivity index is 2.03. The van der Waals surface area contributed by atoms with Gasteiger partial charge in [-0.15, -0.1) is 0 Å². The molecule has 2 aromatic rings. The van der Waals surface area contributed by atoms with Crippen LogP contribution in [0.5, 0.6) is 11.5 Å². The number of hydrogen-bond donors (Lipinski definition) is 1. The van der Waals surface area contributed by atoms with Gasteiger partial charge in [0.2, 0.25) is 0 Å². The molecule has 0 fully saturated rings. The van der Waals surface area contributed by atoms with Gasteiger partial charge in [-0.25, -0.2) is 5.43 Å². The predicted molar refractivity (Wildman–Crippen MR) is 90.3 cm³/mol. The number of amides is 1. The normalized spacial score (nSPS) is 10.5. The van der Waals surface area contributed by atoms with Crippen molar-refractivity contribution in [3.8, 4) is 11.5 Å². The second kappa shape index (κ2) is 8.58. The van der Waals surface area contributed by atoms with Gasteiger partial charge in [0.05, 0.1) is 19.9 Å². The summed E-state index contributed by atoms with van der Waals surface area (Å²) in [5.74, 6) is 1.08. The highest BCUT2D eigenvalue weighted by Crippen LogP contribution is 2.27. The van der Waals surface area contributed by atoms with E-state index in [1.165, 1.54) is 0 Å². The molecule has 0 heterocycles. The summed E-state index contributed by atoms with van der Waals surface area (Å²) < 4.78 is 10.9. The van der Waals surface area contributed by atoms with Crippen LogP contribution in [0, 0.1) is 0 Å². The lowest BCUT2D eigenvalue weighted by Crippen LogP contribution is -2.17. The number of methoxy groups -OCH3 is 1. The van der Waals surface area contributed by atoms with Gasteiger partial charge in [-0.05, 0) is 42.3 Å². The van der Waals surface area contributed by atoms with Crippen molar-refractivity contribution in [2.45, 2.75) is 13.3 Å². The summed E-state index contributed by atoms with van der Waals surface area (Å²) in [5.41, 5.74) is 3.87. The van der Waals surface area contributed by atoms with E-state index >= 15 is 0 Å². The number of hydrogen-bond acceptors (Lipinski definition) is 4. The molecule has 0 saturated heterocycles. The van der Waals surface area contributed by atoms with Crippen LogP contribution in [-0.2, 0) is 0 Å². The lowest BCUT2D eigenvalue weighted by atomic mass is 10.2. The Kier molecular flexibility index (Phi) is 6.17. The summed E-state index contributed by atoms with van der Waals surface area (Å²) in [4.78, 5) is 11.9. The summed E-state index contributed by atoms with van der Waals surface area (Å²) in [6.07, 6.45) is 2.48. The Bertz CT molecular complexity index is 669. The fourth-order valence-electron chi connectivity index (χ4n) is 1.92. The largest absolute Gasteiger partial charge is 0.493 e. The van der Waals surface area contributed by atoms with Gasteiger partial charge in [0.15, 0.2) is 11.5 Å². The Morgan fingerprint density at radius 3 is 2.65 bits per heavy atom. The second-order valence-corrected chi connectivity index (χ2v) is 4.82. The Hall–Kier alpha value is -2.82. The highest BCUT2D eigenvalue weighted by atomic mass is 16.5. The molecule has 1 N–H and O–H groups in total. The third-order valence-corrected chi connectivity index (χ3v) is 3.07. The standard InChI is InChI=1S/C18H20N2O3/c1-3-11-23-17-12-14(9-10-16(17)22-2)13-19-20-18(21)15-7-5-4-6-8-15/h4-10,12-13H,3,11H2,1-2H3,(H,20,21)/b19-13+. The molecular formula is C18H20N2O3. The lowest BCUT2D eigenvalue weighted by Gasteiger charge is -2.10. The molecule has 2 aromatic carbocycles. The van der Waals surface area contributed by atoms with E-state index in [1.807, 2.05) is 31.2 Å². The van der Waals surface area contributed by atoms with Crippen molar-refractivity contribution in [1.29, 1.82) is 0 Å². The minimum Gasteiger partial charge on any atom is -0.493 e. The number of carbonyl (C=O) groups is 1. The van der Waals surface area contributed by atoms with Gasteiger partial charge in [0, 0.05) is 5.56 Å². The number of ether oxygens (including phenoxy) is 2. The van der Waals surface area contributed by atoms with Gasteiger partial charge in [0.1, 0.15) is 0 Å². The average molecular weight is 312 g/mol. The highest BCUT2D eigenvalue weighted by Gasteiger charge is 2.05. The number of nitrogens with zero attached hydrogens (tertiary/aromatic N) is 1. The van der Waals surface area contributed by atoms with Crippen LogP contribution >= 0.6 is 0 Å². The molecule has 0 radical (unpaired) electrons. The number of benzene rings is 2. The van der Waals surface area contributed by atoms with Crippen LogP contribution in [0.25, 0.3) is 0 Å². The van der Waals surface area contributed by atoms with Crippen LogP contribution in [-0.4, -0.2) is 25.8 Å². The number of carbonyl (C=O) groups excluding carboxylic acids is 1. The van der Waals surface area contributed by atoms with Crippen molar-refractivity contribution >= 4 is 12.1 Å². The quantitative estimate of drug-likeness (QED) is 0.630. The van der Waals surface area contributed by atoms with E-state index in [9.17, 15) is 4.79 Å². The number of nitrogens with one attached hydrogen (secondary N) is 1. The fraction of sp³-hybridized carbons (Fsp3) is 0.222. The van der Waals surface area contributed by atoms with Crippen LogP contribution in [0.1, 0.15) is 29.3 Å². The maximum atomic E-state index is 11.9. The van der Waals surface area contributed by atoms with Crippen LogP contribution in [0.4, 0.5) is 0 Å². The van der Waals surface area contributed by atoms with Gasteiger partial charge in [0.25, 0.3) is 5.91 Å². The molecule has 0 aliphatic heterocycles. The Morgan fingerprint density at radius 1 is 1.17 bits per heavy atom. The molecule has 0 bridgehead atoms. The van der Waals surface area contributed by atoms with Crippen LogP contribution in [0.2, 0.25) is 0 Å². The van der Waals surface area contributed by atoms with Crippen molar-refractivity contribution in [3.05, 3.63) is 59.7 Å². The molecule has 0 unspecified atom stereocenters. The average Bonchev–Trinajstić information content (AvgIpc) is 2.60. The zero-order valence-corrected chi connectivity index (χ0v) is 13.3. The molecule has 0 aromatic heterocycles. The lowest BCUT2D eigenvalue weighted by molar-refractivity contribution is 0.0955. The topological polar surface area (TPSA) is 59.9 Å². The zero-order chi connectivity index (χ0) is 16.5. The molecule has 1 amide bonds. The summed E-state index contributed by atoms with van der Waals surface area (Å²) >= 11 is 0. The maximum absolute atomic E-state index is 11.9. The number of rotatable bonds is 7. The third kappa shape index (κ3) is 4.85. The first-order chi connectivity index (χ1) is 11.2. The van der Waals surface area contributed by atoms with Gasteiger partial charge >= 0.3 is 0 Å². The van der Waals surface area contributed by atoms with Crippen molar-refractivity contribution in [3.63, 3.8) is 0 Å². The first kappa shape index (κ1) is 16.5. The molecule has 120 valence electrons. The third-order valence-electron chi connectivity index (χ3n) is 3.07. The minimum atomic E-state index is -0.252. The van der Waals surface area contributed by atoms with Crippen molar-refractivity contribution in [2.75, 3.05) is 13.7 Å². The second-order valence-electron chi connectivity index (χ2n) is 4.82. The van der Waals surface area contributed by atoms with E-state index in [0.717, 1.165) is 12.0 Å². The van der Waals surface area contributed by atoms with E-state index in [4.69, 9.17) is 9.47 Å². The molecular weight excluding hydrogens is 292 g/mol. The van der Waals surface area contributed by atoms with E-state index < -0.39 is 0 Å². The van der Waals surface area contributed by atoms with Crippen LogP contribution < -0.4 is 14.9 Å². The minimum absolute atomic E-state index is 0.252. The summed E-state index contributed by atoms with van der Waals surface area (Å²) in [7, 11) is 1.60. The monoisotopic (exact) mass is 312 g/mol. The molecule has 5 heteroatoms. The molecule has 0 atom stereocenters. The highest BCUT2D eigenvalue weighted by molar-refractivity contribution is 5.94. The van der Waals surface area contributed by atoms with E-state index in [1.54, 1.807) is 37.6 Å². The molecule has 0 spiro atoms. The predicted octanol–water partition coefficient (Wildman–Crippen LogP) is 3.25. The summed E-state index contributed by atoms with van der Waals surface area (Å²) in [5, 5.41) is 3.97. The summed E-state index contributed by atoms with van der Waals surface area (Å²) in [6, 6.07) is 14.4. The van der Waals surface area contributed by atoms with Crippen LogP contribution in [0.15, 0.2) is 53.6 Å². The van der Waals surface area contributed by atoms with Gasteiger partial charge in [-0.2, -0.15) is 5.10 Å². The maximum Gasteiger partial charge on any atom is 0.271 e. The molecule has 0 aliphatic carbocycles. The smallest absolute Gasteiger partial charge is 0.271 e.